The molecule has 0 N–H and O–H groups in total. The molecule has 1 atom stereocenters. The van der Waals surface area contributed by atoms with Crippen LogP contribution in [0.3, 0.4) is 0 Å². The highest BCUT2D eigenvalue weighted by molar-refractivity contribution is 7.89. The molecule has 0 radical (unpaired) electrons. The topological polar surface area (TPSA) is 66.4 Å². The van der Waals surface area contributed by atoms with E-state index in [4.69, 9.17) is 0 Å². The number of benzene rings is 1. The molecule has 1 aromatic heterocycles. The second-order valence-corrected chi connectivity index (χ2v) is 10.8. The van der Waals surface area contributed by atoms with Crippen LogP contribution in [-0.4, -0.2) is 49.1 Å². The van der Waals surface area contributed by atoms with Crippen molar-refractivity contribution in [1.29, 1.82) is 0 Å². The number of piperidine rings is 1. The van der Waals surface area contributed by atoms with Crippen LogP contribution in [0.5, 0.6) is 0 Å². The van der Waals surface area contributed by atoms with E-state index in [-0.39, 0.29) is 5.41 Å². The van der Waals surface area contributed by atoms with E-state index in [1.807, 2.05) is 31.2 Å². The molecular formula is C22H30N4O2S. The molecule has 3 heterocycles. The average Bonchev–Trinajstić information content (AvgIpc) is 3.12. The van der Waals surface area contributed by atoms with Gasteiger partial charge in [-0.1, -0.05) is 26.0 Å². The Morgan fingerprint density at radius 3 is 2.38 bits per heavy atom. The smallest absolute Gasteiger partial charge is 0.243 e. The van der Waals surface area contributed by atoms with E-state index < -0.39 is 10.0 Å². The maximum Gasteiger partial charge on any atom is 0.243 e. The number of anilines is 1. The molecule has 7 heteroatoms. The minimum atomic E-state index is -3.46. The zero-order valence-electron chi connectivity index (χ0n) is 17.5. The molecule has 6 nitrogen and oxygen atoms in total. The van der Waals surface area contributed by atoms with Gasteiger partial charge in [0, 0.05) is 31.6 Å². The molecule has 2 fully saturated rings. The molecule has 0 saturated carbocycles. The van der Waals surface area contributed by atoms with Gasteiger partial charge in [-0.3, -0.25) is 0 Å². The number of aryl methyl sites for hydroxylation is 1. The highest BCUT2D eigenvalue weighted by Crippen LogP contribution is 2.41. The standard InChI is InChI=1S/C22H30N4O2S/c1-17(2)19-6-8-20(9-7-19)29(27,28)26-14-12-22(16-26)11-4-13-25(15-22)21-10-5-18(3)23-24-21/h5-10,17H,4,11-16H2,1-3H3/t22-/m0/s1. The zero-order chi connectivity index (χ0) is 20.6. The Bertz CT molecular complexity index is 957. The molecule has 2 aliphatic heterocycles. The number of nitrogens with zero attached hydrogens (tertiary/aromatic N) is 4. The molecule has 4 rings (SSSR count). The van der Waals surface area contributed by atoms with Gasteiger partial charge in [-0.15, -0.1) is 5.10 Å². The highest BCUT2D eigenvalue weighted by atomic mass is 32.2. The second-order valence-electron chi connectivity index (χ2n) is 8.87. The Balaban J connectivity index is 1.50. The first kappa shape index (κ1) is 20.3. The summed E-state index contributed by atoms with van der Waals surface area (Å²) in [5.41, 5.74) is 2.06. The number of sulfonamides is 1. The fraction of sp³-hybridized carbons (Fsp3) is 0.545. The second kappa shape index (κ2) is 7.69. The Morgan fingerprint density at radius 2 is 1.72 bits per heavy atom. The van der Waals surface area contributed by atoms with Crippen LogP contribution >= 0.6 is 0 Å². The minimum absolute atomic E-state index is 0.00421. The summed E-state index contributed by atoms with van der Waals surface area (Å²) in [4.78, 5) is 2.67. The molecule has 0 amide bonds. The van der Waals surface area contributed by atoms with E-state index >= 15 is 0 Å². The predicted molar refractivity (Wildman–Crippen MR) is 115 cm³/mol. The van der Waals surface area contributed by atoms with Crippen LogP contribution in [0.4, 0.5) is 5.82 Å². The fourth-order valence-electron chi connectivity index (χ4n) is 4.57. The Labute approximate surface area is 174 Å². The summed E-state index contributed by atoms with van der Waals surface area (Å²) < 4.78 is 28.1. The van der Waals surface area contributed by atoms with Crippen molar-refractivity contribution in [3.63, 3.8) is 0 Å². The molecular weight excluding hydrogens is 384 g/mol. The van der Waals surface area contributed by atoms with Crippen LogP contribution in [0.25, 0.3) is 0 Å². The van der Waals surface area contributed by atoms with E-state index in [0.717, 1.165) is 49.4 Å². The third-order valence-corrected chi connectivity index (χ3v) is 8.22. The number of rotatable bonds is 4. The Hall–Kier alpha value is -1.99. The highest BCUT2D eigenvalue weighted by Gasteiger charge is 2.45. The van der Waals surface area contributed by atoms with Crippen LogP contribution in [0.2, 0.25) is 0 Å². The summed E-state index contributed by atoms with van der Waals surface area (Å²) in [5, 5.41) is 8.52. The summed E-state index contributed by atoms with van der Waals surface area (Å²) in [7, 11) is -3.46. The number of aromatic nitrogens is 2. The minimum Gasteiger partial charge on any atom is -0.355 e. The monoisotopic (exact) mass is 414 g/mol. The lowest BCUT2D eigenvalue weighted by molar-refractivity contribution is 0.246. The molecule has 2 aliphatic rings. The van der Waals surface area contributed by atoms with Gasteiger partial charge in [0.25, 0.3) is 0 Å². The van der Waals surface area contributed by atoms with E-state index in [1.54, 1.807) is 16.4 Å². The molecule has 0 bridgehead atoms. The quantitative estimate of drug-likeness (QED) is 0.765. The third kappa shape index (κ3) is 4.03. The van der Waals surface area contributed by atoms with Gasteiger partial charge in [-0.25, -0.2) is 8.42 Å². The lowest BCUT2D eigenvalue weighted by Crippen LogP contribution is -2.45. The summed E-state index contributed by atoms with van der Waals surface area (Å²) in [5.74, 6) is 1.28. The van der Waals surface area contributed by atoms with Crippen LogP contribution < -0.4 is 4.90 Å². The predicted octanol–water partition coefficient (Wildman–Crippen LogP) is 3.59. The maximum atomic E-state index is 13.2. The van der Waals surface area contributed by atoms with Gasteiger partial charge >= 0.3 is 0 Å². The Kier molecular flexibility index (Phi) is 5.38. The molecule has 0 aliphatic carbocycles. The Morgan fingerprint density at radius 1 is 0.966 bits per heavy atom. The lowest BCUT2D eigenvalue weighted by atomic mass is 9.79. The van der Waals surface area contributed by atoms with Crippen molar-refractivity contribution in [2.24, 2.45) is 5.41 Å². The van der Waals surface area contributed by atoms with Crippen LogP contribution in [0.1, 0.15) is 50.3 Å². The molecule has 2 saturated heterocycles. The van der Waals surface area contributed by atoms with Crippen molar-refractivity contribution < 1.29 is 8.42 Å². The van der Waals surface area contributed by atoms with Crippen molar-refractivity contribution in [1.82, 2.24) is 14.5 Å². The van der Waals surface area contributed by atoms with Crippen molar-refractivity contribution in [3.05, 3.63) is 47.7 Å². The van der Waals surface area contributed by atoms with Gasteiger partial charge in [0.15, 0.2) is 5.82 Å². The van der Waals surface area contributed by atoms with Crippen molar-refractivity contribution in [3.8, 4) is 0 Å². The van der Waals surface area contributed by atoms with Gasteiger partial charge in [0.05, 0.1) is 10.6 Å². The average molecular weight is 415 g/mol. The molecule has 1 spiro atoms. The maximum absolute atomic E-state index is 13.2. The normalized spacial score (nSPS) is 23.2. The van der Waals surface area contributed by atoms with Crippen molar-refractivity contribution in [2.45, 2.75) is 50.8 Å². The van der Waals surface area contributed by atoms with Gasteiger partial charge in [0.1, 0.15) is 0 Å². The first-order valence-corrected chi connectivity index (χ1v) is 11.9. The first-order valence-electron chi connectivity index (χ1n) is 10.4. The zero-order valence-corrected chi connectivity index (χ0v) is 18.3. The number of hydrogen-bond acceptors (Lipinski definition) is 5. The van der Waals surface area contributed by atoms with Gasteiger partial charge < -0.3 is 4.90 Å². The van der Waals surface area contributed by atoms with Crippen molar-refractivity contribution in [2.75, 3.05) is 31.1 Å². The number of hydrogen-bond donors (Lipinski definition) is 0. The van der Waals surface area contributed by atoms with E-state index in [2.05, 4.69) is 28.9 Å². The molecule has 29 heavy (non-hydrogen) atoms. The lowest BCUT2D eigenvalue weighted by Gasteiger charge is -2.40. The SMILES string of the molecule is Cc1ccc(N2CCC[C@]3(CCN(S(=O)(=O)c4ccc(C(C)C)cc4)C3)C2)nn1. The van der Waals surface area contributed by atoms with Gasteiger partial charge in [-0.05, 0) is 61.9 Å². The van der Waals surface area contributed by atoms with Gasteiger partial charge in [-0.2, -0.15) is 9.40 Å². The van der Waals surface area contributed by atoms with E-state index in [1.165, 1.54) is 0 Å². The van der Waals surface area contributed by atoms with E-state index in [9.17, 15) is 8.42 Å². The van der Waals surface area contributed by atoms with Crippen molar-refractivity contribution >= 4 is 15.8 Å². The summed E-state index contributed by atoms with van der Waals surface area (Å²) in [6, 6.07) is 11.4. The summed E-state index contributed by atoms with van der Waals surface area (Å²) >= 11 is 0. The van der Waals surface area contributed by atoms with Gasteiger partial charge in [0.2, 0.25) is 10.0 Å². The third-order valence-electron chi connectivity index (χ3n) is 6.36. The molecule has 156 valence electrons. The van der Waals surface area contributed by atoms with Crippen LogP contribution in [0.15, 0.2) is 41.3 Å². The fourth-order valence-corrected chi connectivity index (χ4v) is 6.12. The van der Waals surface area contributed by atoms with Crippen LogP contribution in [0, 0.1) is 12.3 Å². The van der Waals surface area contributed by atoms with Crippen LogP contribution in [-0.2, 0) is 10.0 Å². The largest absolute Gasteiger partial charge is 0.355 e. The summed E-state index contributed by atoms with van der Waals surface area (Å²) in [6.45, 7) is 9.11. The summed E-state index contributed by atoms with van der Waals surface area (Å²) in [6.07, 6.45) is 3.00. The molecule has 1 aromatic carbocycles. The van der Waals surface area contributed by atoms with E-state index in [0.29, 0.717) is 23.9 Å². The first-order chi connectivity index (χ1) is 13.8. The molecule has 2 aromatic rings. The molecule has 0 unspecified atom stereocenters.